The Morgan fingerprint density at radius 2 is 0.922 bits per heavy atom. The van der Waals surface area contributed by atoms with E-state index in [0.717, 1.165) is 33.0 Å². The molecule has 0 aliphatic carbocycles. The highest BCUT2D eigenvalue weighted by molar-refractivity contribution is 5.93. The lowest BCUT2D eigenvalue weighted by Gasteiger charge is -2.28. The first-order chi connectivity index (χ1) is 31.5. The predicted octanol–water partition coefficient (Wildman–Crippen LogP) is 14.1. The van der Waals surface area contributed by atoms with Gasteiger partial charge in [-0.2, -0.15) is 0 Å². The van der Waals surface area contributed by atoms with Crippen molar-refractivity contribution in [2.75, 3.05) is 4.90 Å². The summed E-state index contributed by atoms with van der Waals surface area (Å²) in [5.74, 6) is 0. The molecule has 1 nitrogen and oxygen atoms in total. The van der Waals surface area contributed by atoms with Crippen molar-refractivity contribution in [3.63, 3.8) is 0 Å². The lowest BCUT2D eigenvalue weighted by atomic mass is 9.97. The maximum absolute atomic E-state index is 9.58. The summed E-state index contributed by atoms with van der Waals surface area (Å²) in [6.07, 6.45) is 0. The molecule has 51 heavy (non-hydrogen) atoms. The predicted molar refractivity (Wildman–Crippen MR) is 218 cm³/mol. The van der Waals surface area contributed by atoms with Crippen LogP contribution in [0, 0.1) is 0 Å². The minimum absolute atomic E-state index is 0.146. The molecule has 0 atom stereocenters. The van der Waals surface area contributed by atoms with Crippen molar-refractivity contribution in [2.24, 2.45) is 0 Å². The third-order valence-corrected chi connectivity index (χ3v) is 8.65. The lowest BCUT2D eigenvalue weighted by Crippen LogP contribution is -2.11. The summed E-state index contributed by atoms with van der Waals surface area (Å²) in [4.78, 5) is 1.64. The second kappa shape index (κ2) is 13.3. The van der Waals surface area contributed by atoms with Gasteiger partial charge < -0.3 is 4.90 Å². The zero-order valence-electron chi connectivity index (χ0n) is 42.0. The van der Waals surface area contributed by atoms with Crippen LogP contribution in [0.15, 0.2) is 212 Å². The van der Waals surface area contributed by atoms with Gasteiger partial charge in [0, 0.05) is 16.9 Å². The number of anilines is 3. The second-order valence-corrected chi connectivity index (χ2v) is 11.8. The maximum Gasteiger partial charge on any atom is 0.0645 e. The Morgan fingerprint density at radius 3 is 1.65 bits per heavy atom. The molecule has 0 N–H and O–H groups in total. The third-order valence-electron chi connectivity index (χ3n) is 8.65. The summed E-state index contributed by atoms with van der Waals surface area (Å²) in [7, 11) is 0. The van der Waals surface area contributed by atoms with Crippen LogP contribution in [-0.2, 0) is 0 Å². The largest absolute Gasteiger partial charge is 0.310 e. The molecule has 0 saturated heterocycles. The van der Waals surface area contributed by atoms with Gasteiger partial charge in [-0.15, -0.1) is 0 Å². The molecule has 1 heteroatoms. The van der Waals surface area contributed by atoms with Crippen molar-refractivity contribution in [1.82, 2.24) is 0 Å². The van der Waals surface area contributed by atoms with Gasteiger partial charge in [-0.25, -0.2) is 0 Å². The molecule has 240 valence electrons. The van der Waals surface area contributed by atoms with E-state index in [1.807, 2.05) is 109 Å². The minimum atomic E-state index is -0.781. The van der Waals surface area contributed by atoms with Gasteiger partial charge >= 0.3 is 0 Å². The highest BCUT2D eigenvalue weighted by Gasteiger charge is 2.17. The summed E-state index contributed by atoms with van der Waals surface area (Å²) in [6.45, 7) is 0. The summed E-state index contributed by atoms with van der Waals surface area (Å²) in [5.41, 5.74) is 2.12. The van der Waals surface area contributed by atoms with Crippen molar-refractivity contribution in [3.8, 4) is 44.5 Å². The van der Waals surface area contributed by atoms with E-state index in [1.165, 1.54) is 0 Å². The number of nitrogens with zero attached hydrogens (tertiary/aromatic N) is 1. The fraction of sp³-hybridized carbons (Fsp3) is 0. The molecule has 0 heterocycles. The molecular formula is C50H35N. The third kappa shape index (κ3) is 6.07. The Labute approximate surface area is 320 Å². The van der Waals surface area contributed by atoms with Gasteiger partial charge in [-0.05, 0) is 109 Å². The van der Waals surface area contributed by atoms with Gasteiger partial charge in [-0.3, -0.25) is 0 Å². The molecule has 9 aromatic carbocycles. The molecule has 0 aliphatic heterocycles. The minimum Gasteiger partial charge on any atom is -0.310 e. The van der Waals surface area contributed by atoms with Crippen molar-refractivity contribution in [1.29, 1.82) is 0 Å². The Bertz CT molecular complexity index is 3420. The second-order valence-electron chi connectivity index (χ2n) is 11.8. The highest BCUT2D eigenvalue weighted by Crippen LogP contribution is 2.42. The topological polar surface area (TPSA) is 3.24 Å². The number of para-hydroxylation sites is 1. The molecule has 0 fully saturated rings. The van der Waals surface area contributed by atoms with Crippen LogP contribution in [0.2, 0.25) is 0 Å². The molecular weight excluding hydrogens is 615 g/mol. The number of fused-ring (bicyclic) bond motifs is 2. The van der Waals surface area contributed by atoms with Crippen LogP contribution in [0.25, 0.3) is 66.1 Å². The van der Waals surface area contributed by atoms with Crippen LogP contribution in [0.3, 0.4) is 0 Å². The van der Waals surface area contributed by atoms with E-state index in [9.17, 15) is 8.22 Å². The van der Waals surface area contributed by atoms with Crippen molar-refractivity contribution in [3.05, 3.63) is 212 Å². The maximum atomic E-state index is 9.58. The smallest absolute Gasteiger partial charge is 0.0645 e. The van der Waals surface area contributed by atoms with Crippen LogP contribution in [-0.4, -0.2) is 0 Å². The van der Waals surface area contributed by atoms with Gasteiger partial charge in [0.25, 0.3) is 0 Å². The molecule has 0 unspecified atom stereocenters. The van der Waals surface area contributed by atoms with Gasteiger partial charge in [-0.1, -0.05) is 164 Å². The van der Waals surface area contributed by atoms with Gasteiger partial charge in [0.1, 0.15) is 0 Å². The van der Waals surface area contributed by atoms with Crippen molar-refractivity contribution in [2.45, 2.75) is 0 Å². The standard InChI is InChI=1S/C50H35N/c1-3-11-36(12-4-1)42-21-23-46-35-44(22-24-45(46)34-42)39-27-31-48(32-28-39)51(50-18-10-9-17-49(50)40-14-5-2-6-15-40)47-29-25-38(26-30-47)43-20-19-37-13-7-8-16-41(37)33-43/h1-35H/i1D,3D,4D,11D,12D,21D,22D,23D,24D,27D,28D,31D,32D,34D,35D. The fourth-order valence-electron chi connectivity index (χ4n) is 6.13. The zero-order chi connectivity index (χ0) is 47.0. The Morgan fingerprint density at radius 1 is 0.333 bits per heavy atom. The first-order valence-corrected chi connectivity index (χ1v) is 16.3. The van der Waals surface area contributed by atoms with Crippen molar-refractivity contribution >= 4 is 38.6 Å². The zero-order valence-corrected chi connectivity index (χ0v) is 27.0. The van der Waals surface area contributed by atoms with E-state index in [0.29, 0.717) is 11.4 Å². The number of hydrogen-bond acceptors (Lipinski definition) is 1. The molecule has 9 aromatic rings. The monoisotopic (exact) mass is 664 g/mol. The van der Waals surface area contributed by atoms with E-state index >= 15 is 0 Å². The van der Waals surface area contributed by atoms with Crippen LogP contribution in [0.5, 0.6) is 0 Å². The van der Waals surface area contributed by atoms with Crippen molar-refractivity contribution < 1.29 is 20.6 Å². The Kier molecular flexibility index (Phi) is 4.79. The fourth-order valence-corrected chi connectivity index (χ4v) is 6.13. The average molecular weight is 665 g/mol. The van der Waals surface area contributed by atoms with E-state index in [2.05, 4.69) is 6.07 Å². The SMILES string of the molecule is [2H]c1c([2H])c([2H])c(-c2c([2H])c([2H])c3c([2H])c(-c4c([2H])c([2H])c(N(c5ccc(-c6ccc7ccccc7c6)cc5)c5ccccc5-c5ccccc5)c([2H])c4[2H])c([2H])c([2H])c3c2[2H])c([2H])c1[2H]. The number of hydrogen-bond donors (Lipinski definition) is 0. The lowest BCUT2D eigenvalue weighted by molar-refractivity contribution is 1.28. The molecule has 0 bridgehead atoms. The number of benzene rings is 9. The molecule has 0 saturated carbocycles. The highest BCUT2D eigenvalue weighted by atomic mass is 15.1. The molecule has 0 aromatic heterocycles. The van der Waals surface area contributed by atoms with E-state index < -0.39 is 124 Å². The molecule has 0 radical (unpaired) electrons. The number of rotatable bonds is 7. The normalized spacial score (nSPS) is 15.3. The first kappa shape index (κ1) is 18.3. The van der Waals surface area contributed by atoms with E-state index in [4.69, 9.17) is 12.3 Å². The van der Waals surface area contributed by atoms with Gasteiger partial charge in [0.05, 0.1) is 26.2 Å². The quantitative estimate of drug-likeness (QED) is 0.164. The average Bonchev–Trinajstić information content (AvgIpc) is 3.33. The van der Waals surface area contributed by atoms with Crippen LogP contribution >= 0.6 is 0 Å². The molecule has 0 aliphatic rings. The van der Waals surface area contributed by atoms with E-state index in [-0.39, 0.29) is 5.69 Å². The Balaban J connectivity index is 1.27. The van der Waals surface area contributed by atoms with Gasteiger partial charge in [0.15, 0.2) is 0 Å². The molecule has 0 spiro atoms. The molecule has 0 amide bonds. The summed E-state index contributed by atoms with van der Waals surface area (Å²) in [6, 6.07) is 27.9. The van der Waals surface area contributed by atoms with Crippen LogP contribution in [0.4, 0.5) is 17.1 Å². The van der Waals surface area contributed by atoms with E-state index in [1.54, 1.807) is 11.0 Å². The van der Waals surface area contributed by atoms with Gasteiger partial charge in [0.2, 0.25) is 0 Å². The molecule has 9 rings (SSSR count). The first-order valence-electron chi connectivity index (χ1n) is 23.8. The Hall–Kier alpha value is -6.70. The summed E-state index contributed by atoms with van der Waals surface area (Å²) in [5, 5.41) is 1.19. The van der Waals surface area contributed by atoms with Crippen LogP contribution in [0.1, 0.15) is 20.6 Å². The summed E-state index contributed by atoms with van der Waals surface area (Å²) >= 11 is 0. The summed E-state index contributed by atoms with van der Waals surface area (Å²) < 4.78 is 134. The van der Waals surface area contributed by atoms with Crippen LogP contribution < -0.4 is 4.90 Å².